The van der Waals surface area contributed by atoms with Crippen molar-refractivity contribution in [2.24, 2.45) is 0 Å². The van der Waals surface area contributed by atoms with Gasteiger partial charge >= 0.3 is 11.9 Å². The Morgan fingerprint density at radius 3 is 2.15 bits per heavy atom. The fraction of sp³-hybridized carbons (Fsp3) is 0.280. The molecule has 0 saturated carbocycles. The third-order valence-corrected chi connectivity index (χ3v) is 6.10. The highest BCUT2D eigenvalue weighted by molar-refractivity contribution is 6.24. The van der Waals surface area contributed by atoms with Crippen molar-refractivity contribution in [1.29, 1.82) is 0 Å². The number of ether oxygens (including phenoxy) is 3. The molecule has 0 aromatic heterocycles. The number of aliphatic hydroxyl groups excluding tert-OH is 4. The van der Waals surface area contributed by atoms with Gasteiger partial charge in [-0.2, -0.15) is 0 Å². The summed E-state index contributed by atoms with van der Waals surface area (Å²) in [5.74, 6) is -1.66. The minimum Gasteiger partial charge on any atom is -0.432 e. The topological polar surface area (TPSA) is 143 Å². The van der Waals surface area contributed by atoms with E-state index in [1.807, 2.05) is 48.5 Å². The zero-order valence-electron chi connectivity index (χ0n) is 17.8. The molecule has 0 bridgehead atoms. The Morgan fingerprint density at radius 1 is 0.794 bits per heavy atom. The molecule has 9 heteroatoms. The van der Waals surface area contributed by atoms with Crippen LogP contribution in [0.2, 0.25) is 0 Å². The fourth-order valence-corrected chi connectivity index (χ4v) is 4.41. The Labute approximate surface area is 193 Å². The monoisotopic (exact) mass is 466 g/mol. The lowest BCUT2D eigenvalue weighted by atomic mass is 9.94. The number of aliphatic hydroxyl groups is 4. The van der Waals surface area contributed by atoms with E-state index in [1.165, 1.54) is 0 Å². The van der Waals surface area contributed by atoms with E-state index < -0.39 is 55.7 Å². The zero-order chi connectivity index (χ0) is 24.0. The van der Waals surface area contributed by atoms with Crippen molar-refractivity contribution < 1.29 is 44.2 Å². The van der Waals surface area contributed by atoms with E-state index in [0.29, 0.717) is 0 Å². The maximum atomic E-state index is 12.5. The Balaban J connectivity index is 1.33. The number of rotatable bonds is 5. The molecule has 1 fully saturated rings. The molecule has 4 aromatic rings. The van der Waals surface area contributed by atoms with Crippen LogP contribution in [0.3, 0.4) is 0 Å². The summed E-state index contributed by atoms with van der Waals surface area (Å²) >= 11 is 0. The lowest BCUT2D eigenvalue weighted by Crippen LogP contribution is -2.59. The van der Waals surface area contributed by atoms with Crippen molar-refractivity contribution in [3.63, 3.8) is 0 Å². The number of carbonyl (C=O) groups excluding carboxylic acids is 2. The maximum absolute atomic E-state index is 12.5. The summed E-state index contributed by atoms with van der Waals surface area (Å²) in [5.41, 5.74) is 0. The average Bonchev–Trinajstić information content (AvgIpc) is 2.83. The van der Waals surface area contributed by atoms with E-state index >= 15 is 0 Å². The van der Waals surface area contributed by atoms with Crippen LogP contribution in [0.1, 0.15) is 6.42 Å². The molecule has 0 spiro atoms. The average molecular weight is 466 g/mol. The predicted octanol–water partition coefficient (Wildman–Crippen LogP) is 1.22. The van der Waals surface area contributed by atoms with Gasteiger partial charge in [0.2, 0.25) is 6.29 Å². The number of hydrogen-bond donors (Lipinski definition) is 4. The van der Waals surface area contributed by atoms with Crippen LogP contribution in [0.5, 0.6) is 5.75 Å². The summed E-state index contributed by atoms with van der Waals surface area (Å²) in [5, 5.41) is 44.6. The van der Waals surface area contributed by atoms with Gasteiger partial charge in [0.05, 0.1) is 6.61 Å². The lowest BCUT2D eigenvalue weighted by Gasteiger charge is -2.39. The number of benzene rings is 4. The molecule has 5 rings (SSSR count). The van der Waals surface area contributed by atoms with E-state index in [1.54, 1.807) is 6.07 Å². The first kappa shape index (κ1) is 22.5. The normalized spacial score (nSPS) is 25.1. The molecule has 0 amide bonds. The highest BCUT2D eigenvalue weighted by Crippen LogP contribution is 2.38. The first-order chi connectivity index (χ1) is 16.4. The Hall–Kier alpha value is -3.34. The maximum Gasteiger partial charge on any atom is 0.322 e. The van der Waals surface area contributed by atoms with Gasteiger partial charge in [0, 0.05) is 10.8 Å². The van der Waals surface area contributed by atoms with E-state index in [9.17, 15) is 30.0 Å². The molecule has 4 N–H and O–H groups in total. The molecule has 34 heavy (non-hydrogen) atoms. The molecule has 0 aliphatic carbocycles. The number of carbonyl (C=O) groups is 2. The lowest BCUT2D eigenvalue weighted by molar-refractivity contribution is -0.292. The van der Waals surface area contributed by atoms with Crippen LogP contribution >= 0.6 is 0 Å². The summed E-state index contributed by atoms with van der Waals surface area (Å²) in [6.45, 7) is -0.671. The second kappa shape index (κ2) is 8.79. The molecule has 5 atom stereocenters. The Kier molecular flexibility index (Phi) is 5.80. The van der Waals surface area contributed by atoms with Crippen LogP contribution in [-0.4, -0.2) is 69.7 Å². The standard InChI is InChI=1S/C25H22O9/c26-11-17-22(29)23(30)24(31)25(33-17)34-19(28)10-18(27)32-16-9-7-14-5-4-12-2-1-3-13-6-8-15(16)21(14)20(12)13/h1-9,17,22-26,29-31H,10-11H2/t17-,22-,23+,24-,25+/m1/s1. The van der Waals surface area contributed by atoms with Gasteiger partial charge in [0.1, 0.15) is 36.6 Å². The van der Waals surface area contributed by atoms with Gasteiger partial charge in [-0.05, 0) is 33.7 Å². The molecule has 1 saturated heterocycles. The van der Waals surface area contributed by atoms with Crippen LogP contribution < -0.4 is 4.74 Å². The van der Waals surface area contributed by atoms with E-state index in [2.05, 4.69) is 0 Å². The molecule has 0 unspecified atom stereocenters. The van der Waals surface area contributed by atoms with Gasteiger partial charge in [-0.15, -0.1) is 0 Å². The molecule has 9 nitrogen and oxygen atoms in total. The molecule has 1 aliphatic heterocycles. The van der Waals surface area contributed by atoms with E-state index in [4.69, 9.17) is 14.2 Å². The van der Waals surface area contributed by atoms with Crippen molar-refractivity contribution in [2.45, 2.75) is 37.1 Å². The molecular weight excluding hydrogens is 444 g/mol. The quantitative estimate of drug-likeness (QED) is 0.148. The summed E-state index contributed by atoms with van der Waals surface area (Å²) in [6.07, 6.45) is -8.72. The van der Waals surface area contributed by atoms with Gasteiger partial charge in [0.15, 0.2) is 0 Å². The van der Waals surface area contributed by atoms with E-state index in [0.717, 1.165) is 32.3 Å². The van der Waals surface area contributed by atoms with Gasteiger partial charge in [-0.25, -0.2) is 0 Å². The van der Waals surface area contributed by atoms with Crippen LogP contribution in [0.4, 0.5) is 0 Å². The van der Waals surface area contributed by atoms with Gasteiger partial charge in [-0.1, -0.05) is 42.5 Å². The molecule has 176 valence electrons. The minimum atomic E-state index is -1.75. The summed E-state index contributed by atoms with van der Waals surface area (Å²) in [6, 6.07) is 17.3. The summed E-state index contributed by atoms with van der Waals surface area (Å²) < 4.78 is 15.5. The third-order valence-electron chi connectivity index (χ3n) is 6.10. The molecule has 1 heterocycles. The molecule has 4 aromatic carbocycles. The first-order valence-electron chi connectivity index (χ1n) is 10.7. The highest BCUT2D eigenvalue weighted by atomic mass is 16.7. The molecular formula is C25H22O9. The number of esters is 2. The smallest absolute Gasteiger partial charge is 0.322 e. The largest absolute Gasteiger partial charge is 0.432 e. The predicted molar refractivity (Wildman–Crippen MR) is 120 cm³/mol. The second-order valence-electron chi connectivity index (χ2n) is 8.26. The van der Waals surface area contributed by atoms with Crippen molar-refractivity contribution in [3.8, 4) is 5.75 Å². The van der Waals surface area contributed by atoms with Crippen LogP contribution in [-0.2, 0) is 19.1 Å². The van der Waals surface area contributed by atoms with Crippen molar-refractivity contribution in [1.82, 2.24) is 0 Å². The van der Waals surface area contributed by atoms with Gasteiger partial charge < -0.3 is 34.6 Å². The number of hydrogen-bond acceptors (Lipinski definition) is 9. The fourth-order valence-electron chi connectivity index (χ4n) is 4.41. The summed E-state index contributed by atoms with van der Waals surface area (Å²) in [7, 11) is 0. The minimum absolute atomic E-state index is 0.288. The van der Waals surface area contributed by atoms with E-state index in [-0.39, 0.29) is 5.75 Å². The third kappa shape index (κ3) is 3.83. The Morgan fingerprint density at radius 2 is 1.44 bits per heavy atom. The molecule has 1 aliphatic rings. The summed E-state index contributed by atoms with van der Waals surface area (Å²) in [4.78, 5) is 24.7. The van der Waals surface area contributed by atoms with Gasteiger partial charge in [0.25, 0.3) is 0 Å². The zero-order valence-corrected chi connectivity index (χ0v) is 17.8. The van der Waals surface area contributed by atoms with Crippen LogP contribution in [0, 0.1) is 0 Å². The van der Waals surface area contributed by atoms with Crippen molar-refractivity contribution in [3.05, 3.63) is 54.6 Å². The van der Waals surface area contributed by atoms with Crippen LogP contribution in [0.15, 0.2) is 54.6 Å². The van der Waals surface area contributed by atoms with Crippen molar-refractivity contribution >= 4 is 44.3 Å². The van der Waals surface area contributed by atoms with Gasteiger partial charge in [-0.3, -0.25) is 9.59 Å². The van der Waals surface area contributed by atoms with Crippen molar-refractivity contribution in [2.75, 3.05) is 6.61 Å². The SMILES string of the molecule is O=C(CC(=O)O[C@@H]1O[C@H](CO)[C@@H](O)[C@H](O)[C@H]1O)Oc1ccc2ccc3cccc4ccc1c2c34. The molecule has 0 radical (unpaired) electrons. The highest BCUT2D eigenvalue weighted by Gasteiger charge is 2.45. The first-order valence-corrected chi connectivity index (χ1v) is 10.7. The van der Waals surface area contributed by atoms with Crippen LogP contribution in [0.25, 0.3) is 32.3 Å². The Bertz CT molecular complexity index is 1350. The second-order valence-corrected chi connectivity index (χ2v) is 8.26.